The van der Waals surface area contributed by atoms with Crippen LogP contribution >= 0.6 is 24.2 Å². The maximum Gasteiger partial charge on any atom is 0.338 e. The second-order valence-corrected chi connectivity index (χ2v) is 8.90. The van der Waals surface area contributed by atoms with Gasteiger partial charge in [0, 0.05) is 19.4 Å². The molecule has 1 aliphatic carbocycles. The predicted molar refractivity (Wildman–Crippen MR) is 115 cm³/mol. The first-order chi connectivity index (χ1) is 13.1. The van der Waals surface area contributed by atoms with Gasteiger partial charge in [0.15, 0.2) is 0 Å². The van der Waals surface area contributed by atoms with Crippen LogP contribution in [0.4, 0.5) is 4.79 Å². The van der Waals surface area contributed by atoms with Gasteiger partial charge in [-0.05, 0) is 69.9 Å². The zero-order valence-corrected chi connectivity index (χ0v) is 18.4. The van der Waals surface area contributed by atoms with E-state index in [0.29, 0.717) is 24.2 Å². The van der Waals surface area contributed by atoms with Crippen LogP contribution in [-0.4, -0.2) is 54.7 Å². The number of nitrogens with one attached hydrogen (secondary N) is 2. The second kappa shape index (κ2) is 11.3. The minimum Gasteiger partial charge on any atom is -0.469 e. The Labute approximate surface area is 178 Å². The lowest BCUT2D eigenvalue weighted by atomic mass is 9.80. The van der Waals surface area contributed by atoms with E-state index >= 15 is 0 Å². The third-order valence-electron chi connectivity index (χ3n) is 6.08. The fraction of sp³-hybridized carbons (Fsp3) is 0.842. The van der Waals surface area contributed by atoms with Crippen molar-refractivity contribution >= 4 is 41.2 Å². The van der Waals surface area contributed by atoms with E-state index in [0.717, 1.165) is 63.1 Å². The second-order valence-electron chi connectivity index (χ2n) is 7.77. The molecule has 0 aromatic heterocycles. The van der Waals surface area contributed by atoms with Crippen molar-refractivity contribution in [1.29, 1.82) is 0 Å². The van der Waals surface area contributed by atoms with Gasteiger partial charge in [-0.15, -0.1) is 12.4 Å². The van der Waals surface area contributed by atoms with Crippen molar-refractivity contribution < 1.29 is 14.3 Å². The van der Waals surface area contributed by atoms with Crippen LogP contribution in [0.3, 0.4) is 0 Å². The molecule has 9 heteroatoms. The van der Waals surface area contributed by atoms with Crippen molar-refractivity contribution in [2.45, 2.75) is 56.7 Å². The quantitative estimate of drug-likeness (QED) is 0.652. The molecule has 1 saturated heterocycles. The minimum atomic E-state index is -0.112. The molecule has 1 saturated carbocycles. The summed E-state index contributed by atoms with van der Waals surface area (Å²) in [6, 6.07) is -0.104. The van der Waals surface area contributed by atoms with Gasteiger partial charge in [-0.25, -0.2) is 9.80 Å². The van der Waals surface area contributed by atoms with E-state index in [-0.39, 0.29) is 29.8 Å². The van der Waals surface area contributed by atoms with Crippen LogP contribution in [0.15, 0.2) is 5.10 Å². The lowest BCUT2D eigenvalue weighted by Crippen LogP contribution is -2.44. The minimum absolute atomic E-state index is 0. The van der Waals surface area contributed by atoms with Crippen LogP contribution in [-0.2, 0) is 9.53 Å². The highest BCUT2D eigenvalue weighted by Crippen LogP contribution is 2.42. The largest absolute Gasteiger partial charge is 0.469 e. The zero-order valence-electron chi connectivity index (χ0n) is 16.8. The molecule has 2 amide bonds. The molecular formula is C19H33ClN4O3S. The first-order valence-corrected chi connectivity index (χ1v) is 11.0. The predicted octanol–water partition coefficient (Wildman–Crippen LogP) is 3.20. The number of hydrazone groups is 1. The van der Waals surface area contributed by atoms with Crippen LogP contribution in [0.25, 0.3) is 0 Å². The van der Waals surface area contributed by atoms with E-state index in [9.17, 15) is 9.59 Å². The van der Waals surface area contributed by atoms with Gasteiger partial charge in [-0.3, -0.25) is 4.79 Å². The summed E-state index contributed by atoms with van der Waals surface area (Å²) in [7, 11) is 3.12. The Hall–Kier alpha value is -0.990. The monoisotopic (exact) mass is 432 g/mol. The fourth-order valence-corrected chi connectivity index (χ4v) is 5.88. The summed E-state index contributed by atoms with van der Waals surface area (Å²) in [5.74, 6) is 1.43. The topological polar surface area (TPSA) is 83.0 Å². The number of rotatable bonds is 5. The smallest absolute Gasteiger partial charge is 0.338 e. The molecule has 0 radical (unpaired) electrons. The van der Waals surface area contributed by atoms with Gasteiger partial charge < -0.3 is 15.4 Å². The lowest BCUT2D eigenvalue weighted by molar-refractivity contribution is -0.141. The van der Waals surface area contributed by atoms with Gasteiger partial charge in [-0.2, -0.15) is 5.10 Å². The van der Waals surface area contributed by atoms with E-state index in [4.69, 9.17) is 9.84 Å². The molecule has 2 aliphatic heterocycles. The summed E-state index contributed by atoms with van der Waals surface area (Å²) in [4.78, 5) is 23.7. The highest BCUT2D eigenvalue weighted by Gasteiger charge is 2.40. The van der Waals surface area contributed by atoms with Gasteiger partial charge in [0.1, 0.15) is 5.37 Å². The fourth-order valence-electron chi connectivity index (χ4n) is 4.36. The lowest BCUT2D eigenvalue weighted by Gasteiger charge is -2.31. The van der Waals surface area contributed by atoms with E-state index in [1.165, 1.54) is 7.11 Å². The number of ether oxygens (including phenoxy) is 1. The highest BCUT2D eigenvalue weighted by molar-refractivity contribution is 8.14. The molecule has 2 fully saturated rings. The zero-order chi connectivity index (χ0) is 19.2. The van der Waals surface area contributed by atoms with Crippen LogP contribution in [0, 0.1) is 17.8 Å². The van der Waals surface area contributed by atoms with Crippen LogP contribution in [0.2, 0.25) is 0 Å². The van der Waals surface area contributed by atoms with Crippen LogP contribution in [0.1, 0.15) is 51.4 Å². The van der Waals surface area contributed by atoms with Crippen molar-refractivity contribution in [1.82, 2.24) is 15.6 Å². The van der Waals surface area contributed by atoms with Gasteiger partial charge in [-0.1, -0.05) is 11.8 Å². The number of hydrogen-bond donors (Lipinski definition) is 2. The summed E-state index contributed by atoms with van der Waals surface area (Å²) in [6.45, 7) is 2.04. The maximum atomic E-state index is 12.4. The normalized spacial score (nSPS) is 28.3. The summed E-state index contributed by atoms with van der Waals surface area (Å²) < 4.78 is 4.75. The number of urea groups is 1. The number of hydrogen-bond acceptors (Lipinski definition) is 6. The molecule has 0 bridgehead atoms. The SMILES string of the molecule is CNC(=O)N1N=C(C2CCC(CCC(=O)OC)CC2)SC1C1CCNCC1.Cl. The molecule has 1 atom stereocenters. The third kappa shape index (κ3) is 5.76. The first-order valence-electron chi connectivity index (χ1n) is 10.2. The molecule has 160 valence electrons. The van der Waals surface area contributed by atoms with Crippen molar-refractivity contribution in [3.8, 4) is 0 Å². The Morgan fingerprint density at radius 3 is 2.50 bits per heavy atom. The summed E-state index contributed by atoms with van der Waals surface area (Å²) >= 11 is 1.81. The highest BCUT2D eigenvalue weighted by atomic mass is 35.5. The van der Waals surface area contributed by atoms with Crippen molar-refractivity contribution in [3.63, 3.8) is 0 Å². The summed E-state index contributed by atoms with van der Waals surface area (Å²) in [5, 5.41) is 13.9. The number of nitrogens with zero attached hydrogens (tertiary/aromatic N) is 2. The molecule has 0 aromatic rings. The van der Waals surface area contributed by atoms with E-state index in [1.807, 2.05) is 11.8 Å². The average Bonchev–Trinajstić information content (AvgIpc) is 3.18. The van der Waals surface area contributed by atoms with Crippen molar-refractivity contribution in [3.05, 3.63) is 0 Å². The number of carbonyl (C=O) groups excluding carboxylic acids is 2. The summed E-state index contributed by atoms with van der Waals surface area (Å²) in [6.07, 6.45) is 8.06. The Morgan fingerprint density at radius 1 is 1.21 bits per heavy atom. The third-order valence-corrected chi connectivity index (χ3v) is 7.56. The number of piperidine rings is 1. The Morgan fingerprint density at radius 2 is 1.89 bits per heavy atom. The van der Waals surface area contributed by atoms with Crippen LogP contribution < -0.4 is 10.6 Å². The van der Waals surface area contributed by atoms with Gasteiger partial charge in [0.05, 0.1) is 12.2 Å². The van der Waals surface area contributed by atoms with Gasteiger partial charge in [0.2, 0.25) is 0 Å². The molecular weight excluding hydrogens is 400 g/mol. The number of methoxy groups -OCH3 is 1. The molecule has 2 heterocycles. The van der Waals surface area contributed by atoms with Crippen molar-refractivity contribution in [2.75, 3.05) is 27.2 Å². The molecule has 3 rings (SSSR count). The van der Waals surface area contributed by atoms with Gasteiger partial charge in [0.25, 0.3) is 0 Å². The number of thioether (sulfide) groups is 1. The summed E-state index contributed by atoms with van der Waals surface area (Å²) in [5.41, 5.74) is 0. The van der Waals surface area contributed by atoms with Crippen molar-refractivity contribution in [2.24, 2.45) is 22.9 Å². The Bertz CT molecular complexity index is 563. The Kier molecular flexibility index (Phi) is 9.37. The molecule has 0 spiro atoms. The van der Waals surface area contributed by atoms with Crippen LogP contribution in [0.5, 0.6) is 0 Å². The molecule has 3 aliphatic rings. The number of amides is 2. The van der Waals surface area contributed by atoms with E-state index < -0.39 is 0 Å². The molecule has 0 aromatic carbocycles. The average molecular weight is 433 g/mol. The molecule has 1 unspecified atom stereocenters. The van der Waals surface area contributed by atoms with Gasteiger partial charge >= 0.3 is 12.0 Å². The first kappa shape index (κ1) is 23.3. The number of carbonyl (C=O) groups is 2. The number of esters is 1. The Balaban J connectivity index is 0.00000280. The van der Waals surface area contributed by atoms with E-state index in [2.05, 4.69) is 10.6 Å². The molecule has 28 heavy (non-hydrogen) atoms. The van der Waals surface area contributed by atoms with E-state index in [1.54, 1.807) is 12.1 Å². The number of halogens is 1. The maximum absolute atomic E-state index is 12.4. The molecule has 7 nitrogen and oxygen atoms in total. The molecule has 2 N–H and O–H groups in total. The standard InChI is InChI=1S/C19H32N4O3S.ClH/c1-20-19(25)23-18(15-9-11-21-12-10-15)27-17(22-23)14-6-3-13(4-7-14)5-8-16(24)26-2;/h13-15,18,21H,3-12H2,1-2H3,(H,20,25);1H.